The summed E-state index contributed by atoms with van der Waals surface area (Å²) in [6, 6.07) is 2.19. The lowest BCUT2D eigenvalue weighted by atomic mass is 10.0. The van der Waals surface area contributed by atoms with E-state index in [0.29, 0.717) is 0 Å². The van der Waals surface area contributed by atoms with Crippen LogP contribution >= 0.6 is 23.2 Å². The van der Waals surface area contributed by atoms with Crippen molar-refractivity contribution in [3.8, 4) is 5.75 Å². The van der Waals surface area contributed by atoms with Crippen molar-refractivity contribution in [1.29, 1.82) is 0 Å². The second kappa shape index (κ2) is 5.14. The highest BCUT2D eigenvalue weighted by molar-refractivity contribution is 6.34. The monoisotopic (exact) mass is 286 g/mol. The smallest absolute Gasteiger partial charge is 0.418 e. The zero-order chi connectivity index (χ0) is 13.2. The Balaban J connectivity index is 3.53. The van der Waals surface area contributed by atoms with E-state index in [1.54, 1.807) is 0 Å². The average molecular weight is 287 g/mol. The van der Waals surface area contributed by atoms with Gasteiger partial charge in [0.1, 0.15) is 5.75 Å². The van der Waals surface area contributed by atoms with Crippen molar-refractivity contribution < 1.29 is 22.7 Å². The van der Waals surface area contributed by atoms with E-state index in [-0.39, 0.29) is 5.75 Å². The zero-order valence-corrected chi connectivity index (χ0v) is 10.1. The fourth-order valence-electron chi connectivity index (χ4n) is 1.30. The molecule has 0 aliphatic rings. The number of carbonyl (C=O) groups is 1. The summed E-state index contributed by atoms with van der Waals surface area (Å²) in [5.41, 5.74) is -1.78. The van der Waals surface area contributed by atoms with Crippen LogP contribution in [0.2, 0.25) is 5.02 Å². The van der Waals surface area contributed by atoms with Gasteiger partial charge in [0.2, 0.25) is 0 Å². The molecule has 1 aromatic rings. The van der Waals surface area contributed by atoms with E-state index in [0.717, 1.165) is 6.07 Å². The molecule has 0 spiro atoms. The summed E-state index contributed by atoms with van der Waals surface area (Å²) in [7, 11) is 1.18. The van der Waals surface area contributed by atoms with Crippen molar-refractivity contribution in [2.75, 3.05) is 13.0 Å². The first kappa shape index (κ1) is 14.1. The molecule has 0 fully saturated rings. The lowest BCUT2D eigenvalue weighted by molar-refractivity contribution is -0.137. The molecule has 1 rings (SSSR count). The van der Waals surface area contributed by atoms with E-state index in [9.17, 15) is 18.0 Å². The SMILES string of the molecule is COc1ccc(C(=O)CCl)c(C(F)(F)F)c1Cl. The van der Waals surface area contributed by atoms with E-state index in [2.05, 4.69) is 4.74 Å². The number of benzene rings is 1. The summed E-state index contributed by atoms with van der Waals surface area (Å²) in [6.07, 6.45) is -4.75. The Morgan fingerprint density at radius 1 is 1.41 bits per heavy atom. The van der Waals surface area contributed by atoms with Gasteiger partial charge in [-0.05, 0) is 12.1 Å². The van der Waals surface area contributed by atoms with Crippen molar-refractivity contribution in [1.82, 2.24) is 0 Å². The Morgan fingerprint density at radius 2 is 2.00 bits per heavy atom. The molecule has 17 heavy (non-hydrogen) atoms. The maximum absolute atomic E-state index is 12.8. The van der Waals surface area contributed by atoms with Gasteiger partial charge in [-0.15, -0.1) is 11.6 Å². The van der Waals surface area contributed by atoms with Crippen LogP contribution in [0.1, 0.15) is 15.9 Å². The van der Waals surface area contributed by atoms with Crippen LogP contribution in [0.15, 0.2) is 12.1 Å². The van der Waals surface area contributed by atoms with Crippen molar-refractivity contribution in [2.45, 2.75) is 6.18 Å². The Morgan fingerprint density at radius 3 is 2.41 bits per heavy atom. The standard InChI is InChI=1S/C10H7Cl2F3O2/c1-17-7-3-2-5(6(16)4-11)8(9(7)12)10(13,14)15/h2-3H,4H2,1H3. The minimum absolute atomic E-state index is 0.148. The van der Waals surface area contributed by atoms with Crippen molar-refractivity contribution in [3.05, 3.63) is 28.3 Å². The van der Waals surface area contributed by atoms with Crippen LogP contribution in [0.4, 0.5) is 13.2 Å². The van der Waals surface area contributed by atoms with Gasteiger partial charge in [0.25, 0.3) is 0 Å². The Bertz CT molecular complexity index is 444. The number of hydrogen-bond acceptors (Lipinski definition) is 2. The fourth-order valence-corrected chi connectivity index (χ4v) is 1.79. The van der Waals surface area contributed by atoms with E-state index in [1.807, 2.05) is 0 Å². The van der Waals surface area contributed by atoms with Gasteiger partial charge in [0.05, 0.1) is 23.6 Å². The molecule has 0 aliphatic heterocycles. The highest BCUT2D eigenvalue weighted by Gasteiger charge is 2.38. The average Bonchev–Trinajstić information content (AvgIpc) is 2.25. The van der Waals surface area contributed by atoms with Gasteiger partial charge in [0, 0.05) is 5.56 Å². The van der Waals surface area contributed by atoms with Crippen LogP contribution in [0.5, 0.6) is 5.75 Å². The fraction of sp³-hybridized carbons (Fsp3) is 0.300. The normalized spacial score (nSPS) is 11.4. The Kier molecular flexibility index (Phi) is 4.27. The minimum atomic E-state index is -4.75. The molecule has 7 heteroatoms. The van der Waals surface area contributed by atoms with E-state index >= 15 is 0 Å². The molecule has 0 unspecified atom stereocenters. The molecule has 0 N–H and O–H groups in total. The second-order valence-electron chi connectivity index (χ2n) is 3.06. The van der Waals surface area contributed by atoms with Crippen LogP contribution in [0.25, 0.3) is 0 Å². The van der Waals surface area contributed by atoms with Gasteiger partial charge < -0.3 is 4.74 Å². The third-order valence-corrected chi connectivity index (χ3v) is 2.65. The van der Waals surface area contributed by atoms with Crippen molar-refractivity contribution in [2.24, 2.45) is 0 Å². The summed E-state index contributed by atoms with van der Waals surface area (Å²) in [4.78, 5) is 11.3. The largest absolute Gasteiger partial charge is 0.495 e. The zero-order valence-electron chi connectivity index (χ0n) is 8.57. The number of carbonyl (C=O) groups excluding carboxylic acids is 1. The maximum Gasteiger partial charge on any atom is 0.418 e. The number of Topliss-reactive ketones (excluding diaryl/α,β-unsaturated/α-hetero) is 1. The quantitative estimate of drug-likeness (QED) is 0.624. The molecule has 0 saturated carbocycles. The Labute approximate surface area is 105 Å². The minimum Gasteiger partial charge on any atom is -0.495 e. The third kappa shape index (κ3) is 2.84. The number of hydrogen-bond donors (Lipinski definition) is 0. The number of rotatable bonds is 3. The van der Waals surface area contributed by atoms with Crippen LogP contribution in [-0.2, 0) is 6.18 Å². The van der Waals surface area contributed by atoms with Gasteiger partial charge in [-0.1, -0.05) is 11.6 Å². The molecule has 0 amide bonds. The molecule has 0 atom stereocenters. The predicted octanol–water partition coefficient (Wildman–Crippen LogP) is 3.79. The summed E-state index contributed by atoms with van der Waals surface area (Å²) < 4.78 is 43.0. The lowest BCUT2D eigenvalue weighted by Crippen LogP contribution is -2.15. The van der Waals surface area contributed by atoms with Crippen molar-refractivity contribution in [3.63, 3.8) is 0 Å². The van der Waals surface area contributed by atoms with Gasteiger partial charge in [-0.25, -0.2) is 0 Å². The third-order valence-electron chi connectivity index (χ3n) is 2.03. The van der Waals surface area contributed by atoms with Crippen LogP contribution in [0.3, 0.4) is 0 Å². The summed E-state index contributed by atoms with van der Waals surface area (Å²) >= 11 is 10.8. The first-order chi connectivity index (χ1) is 7.82. The summed E-state index contributed by atoms with van der Waals surface area (Å²) in [5.74, 6) is -1.54. The van der Waals surface area contributed by atoms with E-state index in [1.165, 1.54) is 13.2 Å². The van der Waals surface area contributed by atoms with Gasteiger partial charge >= 0.3 is 6.18 Å². The second-order valence-corrected chi connectivity index (χ2v) is 3.70. The van der Waals surface area contributed by atoms with Gasteiger partial charge in [-0.2, -0.15) is 13.2 Å². The molecule has 94 valence electrons. The highest BCUT2D eigenvalue weighted by atomic mass is 35.5. The molecule has 0 aromatic heterocycles. The van der Waals surface area contributed by atoms with Crippen LogP contribution < -0.4 is 4.74 Å². The molecular formula is C10H7Cl2F3O2. The molecule has 0 bridgehead atoms. The van der Waals surface area contributed by atoms with E-state index in [4.69, 9.17) is 23.2 Å². The first-order valence-corrected chi connectivity index (χ1v) is 5.27. The number of halogens is 5. The predicted molar refractivity (Wildman–Crippen MR) is 58.1 cm³/mol. The molecule has 0 radical (unpaired) electrons. The molecule has 0 saturated heterocycles. The molecule has 2 nitrogen and oxygen atoms in total. The van der Waals surface area contributed by atoms with E-state index < -0.39 is 34.0 Å². The van der Waals surface area contributed by atoms with Gasteiger partial charge in [0.15, 0.2) is 5.78 Å². The lowest BCUT2D eigenvalue weighted by Gasteiger charge is -2.15. The first-order valence-electron chi connectivity index (χ1n) is 4.35. The number of alkyl halides is 4. The number of ketones is 1. The Hall–Kier alpha value is -0.940. The topological polar surface area (TPSA) is 26.3 Å². The summed E-state index contributed by atoms with van der Waals surface area (Å²) in [6.45, 7) is 0. The summed E-state index contributed by atoms with van der Waals surface area (Å²) in [5, 5.41) is -0.643. The van der Waals surface area contributed by atoms with Gasteiger partial charge in [-0.3, -0.25) is 4.79 Å². The molecule has 0 aliphatic carbocycles. The highest BCUT2D eigenvalue weighted by Crippen LogP contribution is 2.41. The van der Waals surface area contributed by atoms with Crippen LogP contribution in [0, 0.1) is 0 Å². The number of methoxy groups -OCH3 is 1. The van der Waals surface area contributed by atoms with Crippen LogP contribution in [-0.4, -0.2) is 18.8 Å². The number of ether oxygens (including phenoxy) is 1. The van der Waals surface area contributed by atoms with Crippen molar-refractivity contribution >= 4 is 29.0 Å². The maximum atomic E-state index is 12.8. The molecule has 1 aromatic carbocycles. The molecular weight excluding hydrogens is 280 g/mol. The molecule has 0 heterocycles.